The van der Waals surface area contributed by atoms with Crippen molar-refractivity contribution in [1.29, 1.82) is 5.26 Å². The highest BCUT2D eigenvalue weighted by Crippen LogP contribution is 2.22. The van der Waals surface area contributed by atoms with Gasteiger partial charge in [-0.1, -0.05) is 11.3 Å². The summed E-state index contributed by atoms with van der Waals surface area (Å²) in [5, 5.41) is 9.59. The van der Waals surface area contributed by atoms with Crippen LogP contribution in [0.2, 0.25) is 0 Å². The van der Waals surface area contributed by atoms with Gasteiger partial charge < -0.3 is 9.80 Å². The number of carbonyl (C=O) groups is 1. The van der Waals surface area contributed by atoms with Gasteiger partial charge in [0.25, 0.3) is 0 Å². The Morgan fingerprint density at radius 2 is 2.19 bits per heavy atom. The molecule has 0 aliphatic carbocycles. The van der Waals surface area contributed by atoms with Crippen molar-refractivity contribution < 1.29 is 4.79 Å². The molecular formula is C10H12N4OS. The Morgan fingerprint density at radius 1 is 1.50 bits per heavy atom. The first kappa shape index (κ1) is 10.9. The number of carbonyl (C=O) groups excluding carboxylic acids is 1. The molecule has 0 bridgehead atoms. The summed E-state index contributed by atoms with van der Waals surface area (Å²) in [6.07, 6.45) is 1.59. The number of hydrogen-bond donors (Lipinski definition) is 0. The largest absolute Gasteiger partial charge is 0.345 e. The normalized spacial score (nSPS) is 16.0. The molecule has 1 aromatic heterocycles. The van der Waals surface area contributed by atoms with Gasteiger partial charge in [-0.05, 0) is 0 Å². The summed E-state index contributed by atoms with van der Waals surface area (Å²) in [4.78, 5) is 19.9. The van der Waals surface area contributed by atoms with Gasteiger partial charge in [-0.25, -0.2) is 4.98 Å². The summed E-state index contributed by atoms with van der Waals surface area (Å²) in [5.74, 6) is 0.122. The molecule has 1 aliphatic heterocycles. The molecule has 16 heavy (non-hydrogen) atoms. The molecule has 0 saturated carbocycles. The molecule has 0 aromatic carbocycles. The summed E-state index contributed by atoms with van der Waals surface area (Å²) in [7, 11) is 0. The number of aromatic nitrogens is 1. The van der Waals surface area contributed by atoms with Gasteiger partial charge in [0.1, 0.15) is 10.9 Å². The lowest BCUT2D eigenvalue weighted by atomic mass is 10.3. The molecule has 0 atom stereocenters. The van der Waals surface area contributed by atoms with Gasteiger partial charge in [0.15, 0.2) is 5.13 Å². The van der Waals surface area contributed by atoms with E-state index in [0.29, 0.717) is 4.88 Å². The molecule has 0 unspecified atom stereocenters. The molecule has 1 amide bonds. The molecule has 2 heterocycles. The number of anilines is 1. The van der Waals surface area contributed by atoms with E-state index >= 15 is 0 Å². The average Bonchev–Trinajstić information content (AvgIpc) is 2.77. The van der Waals surface area contributed by atoms with Gasteiger partial charge >= 0.3 is 0 Å². The van der Waals surface area contributed by atoms with Crippen LogP contribution in [0.3, 0.4) is 0 Å². The number of piperazine rings is 1. The number of nitrogens with zero attached hydrogens (tertiary/aromatic N) is 4. The van der Waals surface area contributed by atoms with Gasteiger partial charge in [0.05, 0.1) is 6.20 Å². The minimum absolute atomic E-state index is 0.122. The van der Waals surface area contributed by atoms with E-state index in [4.69, 9.17) is 5.26 Å². The molecule has 1 aliphatic rings. The smallest absolute Gasteiger partial charge is 0.219 e. The van der Waals surface area contributed by atoms with Crippen LogP contribution in [0.25, 0.3) is 0 Å². The predicted octanol–water partition coefficient (Wildman–Crippen LogP) is 0.683. The van der Waals surface area contributed by atoms with Crippen LogP contribution in [0.5, 0.6) is 0 Å². The third kappa shape index (κ3) is 2.14. The van der Waals surface area contributed by atoms with Gasteiger partial charge in [0, 0.05) is 33.1 Å². The molecule has 0 spiro atoms. The second-order valence-corrected chi connectivity index (χ2v) is 4.62. The topological polar surface area (TPSA) is 60.2 Å². The molecular weight excluding hydrogens is 224 g/mol. The Morgan fingerprint density at radius 3 is 2.69 bits per heavy atom. The summed E-state index contributed by atoms with van der Waals surface area (Å²) in [5.41, 5.74) is 0. The Labute approximate surface area is 97.9 Å². The zero-order chi connectivity index (χ0) is 11.5. The number of amides is 1. The van der Waals surface area contributed by atoms with Crippen molar-refractivity contribution in [3.63, 3.8) is 0 Å². The van der Waals surface area contributed by atoms with Crippen molar-refractivity contribution in [1.82, 2.24) is 9.88 Å². The van der Waals surface area contributed by atoms with E-state index < -0.39 is 0 Å². The number of thiazole rings is 1. The summed E-state index contributed by atoms with van der Waals surface area (Å²) >= 11 is 1.40. The lowest BCUT2D eigenvalue weighted by molar-refractivity contribution is -0.129. The number of rotatable bonds is 1. The van der Waals surface area contributed by atoms with E-state index in [1.165, 1.54) is 11.3 Å². The van der Waals surface area contributed by atoms with Crippen LogP contribution in [0.1, 0.15) is 11.8 Å². The van der Waals surface area contributed by atoms with Crippen molar-refractivity contribution >= 4 is 22.4 Å². The molecule has 1 aromatic rings. The van der Waals surface area contributed by atoms with Crippen LogP contribution in [0.15, 0.2) is 6.20 Å². The summed E-state index contributed by atoms with van der Waals surface area (Å²) in [6, 6.07) is 2.08. The molecule has 0 radical (unpaired) electrons. The van der Waals surface area contributed by atoms with Crippen LogP contribution < -0.4 is 4.90 Å². The van der Waals surface area contributed by atoms with Crippen LogP contribution in [0, 0.1) is 11.3 Å². The Hall–Kier alpha value is -1.61. The predicted molar refractivity (Wildman–Crippen MR) is 61.3 cm³/mol. The third-order valence-electron chi connectivity index (χ3n) is 2.60. The molecule has 1 fully saturated rings. The minimum atomic E-state index is 0.122. The first-order chi connectivity index (χ1) is 7.70. The molecule has 0 N–H and O–H groups in total. The van der Waals surface area contributed by atoms with Crippen molar-refractivity contribution in [2.75, 3.05) is 31.1 Å². The fraction of sp³-hybridized carbons (Fsp3) is 0.500. The van der Waals surface area contributed by atoms with Crippen LogP contribution in [0.4, 0.5) is 5.13 Å². The average molecular weight is 236 g/mol. The highest BCUT2D eigenvalue weighted by molar-refractivity contribution is 7.16. The maximum atomic E-state index is 11.1. The minimum Gasteiger partial charge on any atom is -0.345 e. The van der Waals surface area contributed by atoms with E-state index in [9.17, 15) is 4.79 Å². The van der Waals surface area contributed by atoms with Gasteiger partial charge in [-0.2, -0.15) is 5.26 Å². The van der Waals surface area contributed by atoms with Crippen molar-refractivity contribution in [2.24, 2.45) is 0 Å². The quantitative estimate of drug-likeness (QED) is 0.719. The van der Waals surface area contributed by atoms with Crippen LogP contribution in [-0.2, 0) is 4.79 Å². The van der Waals surface area contributed by atoms with Crippen LogP contribution >= 0.6 is 11.3 Å². The molecule has 2 rings (SSSR count). The van der Waals surface area contributed by atoms with E-state index in [1.54, 1.807) is 13.1 Å². The van der Waals surface area contributed by atoms with Gasteiger partial charge in [0.2, 0.25) is 5.91 Å². The van der Waals surface area contributed by atoms with Gasteiger partial charge in [-0.15, -0.1) is 0 Å². The van der Waals surface area contributed by atoms with E-state index in [2.05, 4.69) is 16.0 Å². The lowest BCUT2D eigenvalue weighted by Crippen LogP contribution is -2.48. The number of nitriles is 1. The second-order valence-electron chi connectivity index (χ2n) is 3.61. The highest BCUT2D eigenvalue weighted by Gasteiger charge is 2.20. The maximum absolute atomic E-state index is 11.1. The fourth-order valence-corrected chi connectivity index (χ4v) is 2.44. The standard InChI is InChI=1S/C10H12N4OS/c1-8(15)13-2-4-14(5-3-13)10-12-7-9(6-11)16-10/h7H,2-5H2,1H3. The molecule has 84 valence electrons. The molecule has 6 heteroatoms. The van der Waals surface area contributed by atoms with Crippen molar-refractivity contribution in [3.8, 4) is 6.07 Å². The SMILES string of the molecule is CC(=O)N1CCN(c2ncc(C#N)s2)CC1. The summed E-state index contributed by atoms with van der Waals surface area (Å²) in [6.45, 7) is 4.64. The van der Waals surface area contributed by atoms with E-state index in [0.717, 1.165) is 31.3 Å². The zero-order valence-corrected chi connectivity index (χ0v) is 9.83. The van der Waals surface area contributed by atoms with E-state index in [-0.39, 0.29) is 5.91 Å². The highest BCUT2D eigenvalue weighted by atomic mass is 32.1. The van der Waals surface area contributed by atoms with Crippen molar-refractivity contribution in [2.45, 2.75) is 6.92 Å². The van der Waals surface area contributed by atoms with Crippen LogP contribution in [-0.4, -0.2) is 42.0 Å². The van der Waals surface area contributed by atoms with Gasteiger partial charge in [-0.3, -0.25) is 4.79 Å². The molecule has 5 nitrogen and oxygen atoms in total. The number of hydrogen-bond acceptors (Lipinski definition) is 5. The Kier molecular flexibility index (Phi) is 3.06. The van der Waals surface area contributed by atoms with Crippen molar-refractivity contribution in [3.05, 3.63) is 11.1 Å². The first-order valence-corrected chi connectivity index (χ1v) is 5.89. The Balaban J connectivity index is 1.99. The summed E-state index contributed by atoms with van der Waals surface area (Å²) < 4.78 is 0. The van der Waals surface area contributed by atoms with E-state index in [1.807, 2.05) is 4.90 Å². The fourth-order valence-electron chi connectivity index (χ4n) is 1.68. The monoisotopic (exact) mass is 236 g/mol. The second kappa shape index (κ2) is 4.49. The maximum Gasteiger partial charge on any atom is 0.219 e. The Bertz CT molecular complexity index is 428. The first-order valence-electron chi connectivity index (χ1n) is 5.07. The zero-order valence-electron chi connectivity index (χ0n) is 9.01. The lowest BCUT2D eigenvalue weighted by Gasteiger charge is -2.33. The molecule has 1 saturated heterocycles. The third-order valence-corrected chi connectivity index (χ3v) is 3.56.